The van der Waals surface area contributed by atoms with Gasteiger partial charge >= 0.3 is 0 Å². The van der Waals surface area contributed by atoms with Crippen molar-refractivity contribution in [3.8, 4) is 0 Å². The van der Waals surface area contributed by atoms with Crippen molar-refractivity contribution < 1.29 is 9.47 Å². The molecule has 1 aromatic rings. The Bertz CT molecular complexity index is 264. The lowest BCUT2D eigenvalue weighted by Gasteiger charge is -2.12. The van der Waals surface area contributed by atoms with E-state index >= 15 is 0 Å². The highest BCUT2D eigenvalue weighted by molar-refractivity contribution is 5.18. The first-order valence-corrected chi connectivity index (χ1v) is 5.80. The number of hydrogen-bond acceptors (Lipinski definition) is 3. The Labute approximate surface area is 97.6 Å². The van der Waals surface area contributed by atoms with Crippen LogP contribution in [0.3, 0.4) is 0 Å². The summed E-state index contributed by atoms with van der Waals surface area (Å²) in [5.74, 6) is 0. The van der Waals surface area contributed by atoms with Gasteiger partial charge in [-0.2, -0.15) is 0 Å². The zero-order valence-corrected chi connectivity index (χ0v) is 9.89. The zero-order chi connectivity index (χ0) is 11.6. The molecule has 1 unspecified atom stereocenters. The highest BCUT2D eigenvalue weighted by atomic mass is 16.5. The Morgan fingerprint density at radius 2 is 1.75 bits per heavy atom. The molecule has 0 aliphatic heterocycles. The molecule has 0 fully saturated rings. The molecule has 0 amide bonds. The van der Waals surface area contributed by atoms with Crippen molar-refractivity contribution in [2.45, 2.75) is 19.4 Å². The van der Waals surface area contributed by atoms with Gasteiger partial charge < -0.3 is 15.2 Å². The maximum absolute atomic E-state index is 5.97. The summed E-state index contributed by atoms with van der Waals surface area (Å²) >= 11 is 0. The smallest absolute Gasteiger partial charge is 0.0701 e. The SMILES string of the molecule is CCCOCCOCC(N)c1ccccc1. The Morgan fingerprint density at radius 1 is 1.06 bits per heavy atom. The molecule has 90 valence electrons. The number of hydrogen-bond donors (Lipinski definition) is 1. The molecule has 1 rings (SSSR count). The fourth-order valence-corrected chi connectivity index (χ4v) is 1.37. The summed E-state index contributed by atoms with van der Waals surface area (Å²) in [5, 5.41) is 0. The van der Waals surface area contributed by atoms with E-state index in [-0.39, 0.29) is 6.04 Å². The summed E-state index contributed by atoms with van der Waals surface area (Å²) in [7, 11) is 0. The lowest BCUT2D eigenvalue weighted by molar-refractivity contribution is 0.0428. The predicted molar refractivity (Wildman–Crippen MR) is 65.3 cm³/mol. The average molecular weight is 223 g/mol. The molecule has 3 heteroatoms. The van der Waals surface area contributed by atoms with E-state index in [0.717, 1.165) is 18.6 Å². The van der Waals surface area contributed by atoms with Gasteiger partial charge in [0.15, 0.2) is 0 Å². The second kappa shape index (κ2) is 8.28. The fourth-order valence-electron chi connectivity index (χ4n) is 1.37. The molecule has 0 spiro atoms. The van der Waals surface area contributed by atoms with Crippen LogP contribution in [0.2, 0.25) is 0 Å². The highest BCUT2D eigenvalue weighted by Gasteiger charge is 2.04. The maximum atomic E-state index is 5.97. The van der Waals surface area contributed by atoms with Crippen LogP contribution < -0.4 is 5.73 Å². The van der Waals surface area contributed by atoms with Crippen LogP contribution in [0.4, 0.5) is 0 Å². The van der Waals surface area contributed by atoms with Crippen molar-refractivity contribution in [2.75, 3.05) is 26.4 Å². The topological polar surface area (TPSA) is 44.5 Å². The van der Waals surface area contributed by atoms with Gasteiger partial charge in [-0.05, 0) is 12.0 Å². The van der Waals surface area contributed by atoms with Gasteiger partial charge in [0, 0.05) is 6.61 Å². The Morgan fingerprint density at radius 3 is 2.44 bits per heavy atom. The van der Waals surface area contributed by atoms with Gasteiger partial charge in [-0.15, -0.1) is 0 Å². The van der Waals surface area contributed by atoms with Crippen molar-refractivity contribution in [3.05, 3.63) is 35.9 Å². The molecule has 0 heterocycles. The molecule has 0 saturated carbocycles. The summed E-state index contributed by atoms with van der Waals surface area (Å²) in [6, 6.07) is 9.94. The first-order valence-electron chi connectivity index (χ1n) is 5.80. The monoisotopic (exact) mass is 223 g/mol. The maximum Gasteiger partial charge on any atom is 0.0701 e. The minimum Gasteiger partial charge on any atom is -0.379 e. The summed E-state index contributed by atoms with van der Waals surface area (Å²) in [5.41, 5.74) is 7.08. The van der Waals surface area contributed by atoms with Crippen LogP contribution in [0, 0.1) is 0 Å². The van der Waals surface area contributed by atoms with Gasteiger partial charge in [0.2, 0.25) is 0 Å². The van der Waals surface area contributed by atoms with E-state index in [1.807, 2.05) is 30.3 Å². The van der Waals surface area contributed by atoms with E-state index in [2.05, 4.69) is 6.92 Å². The van der Waals surface area contributed by atoms with Crippen LogP contribution in [0.5, 0.6) is 0 Å². The molecule has 3 nitrogen and oxygen atoms in total. The van der Waals surface area contributed by atoms with Crippen molar-refractivity contribution in [3.63, 3.8) is 0 Å². The standard InChI is InChI=1S/C13H21NO2/c1-2-8-15-9-10-16-11-13(14)12-6-4-3-5-7-12/h3-7,13H,2,8-11,14H2,1H3. The third-order valence-corrected chi connectivity index (χ3v) is 2.25. The first-order chi connectivity index (χ1) is 7.84. The summed E-state index contributed by atoms with van der Waals surface area (Å²) < 4.78 is 10.8. The first kappa shape index (κ1) is 13.2. The Kier molecular flexibility index (Phi) is 6.81. The van der Waals surface area contributed by atoms with E-state index in [9.17, 15) is 0 Å². The Balaban J connectivity index is 2.09. The minimum atomic E-state index is -0.0487. The molecule has 16 heavy (non-hydrogen) atoms. The molecule has 2 N–H and O–H groups in total. The van der Waals surface area contributed by atoms with Gasteiger partial charge in [0.1, 0.15) is 0 Å². The lowest BCUT2D eigenvalue weighted by Crippen LogP contribution is -2.18. The van der Waals surface area contributed by atoms with Gasteiger partial charge in [-0.1, -0.05) is 37.3 Å². The summed E-state index contributed by atoms with van der Waals surface area (Å²) in [6.45, 7) is 4.69. The predicted octanol–water partition coefficient (Wildman–Crippen LogP) is 2.13. The Hall–Kier alpha value is -0.900. The second-order valence-corrected chi connectivity index (χ2v) is 3.70. The molecule has 0 aromatic heterocycles. The molecule has 0 aliphatic rings. The van der Waals surface area contributed by atoms with Crippen molar-refractivity contribution in [1.29, 1.82) is 0 Å². The van der Waals surface area contributed by atoms with E-state index in [0.29, 0.717) is 19.8 Å². The quantitative estimate of drug-likeness (QED) is 0.687. The number of ether oxygens (including phenoxy) is 2. The number of nitrogens with two attached hydrogens (primary N) is 1. The molecular formula is C13H21NO2. The molecule has 1 atom stereocenters. The van der Waals surface area contributed by atoms with Gasteiger partial charge in [-0.3, -0.25) is 0 Å². The summed E-state index contributed by atoms with van der Waals surface area (Å²) in [6.07, 6.45) is 1.05. The largest absolute Gasteiger partial charge is 0.379 e. The third kappa shape index (κ3) is 5.26. The van der Waals surface area contributed by atoms with Gasteiger partial charge in [0.05, 0.1) is 25.9 Å². The van der Waals surface area contributed by atoms with Gasteiger partial charge in [-0.25, -0.2) is 0 Å². The normalized spacial score (nSPS) is 12.6. The van der Waals surface area contributed by atoms with E-state index < -0.39 is 0 Å². The summed E-state index contributed by atoms with van der Waals surface area (Å²) in [4.78, 5) is 0. The second-order valence-electron chi connectivity index (χ2n) is 3.70. The van der Waals surface area contributed by atoms with Crippen LogP contribution in [-0.4, -0.2) is 26.4 Å². The van der Waals surface area contributed by atoms with Crippen LogP contribution in [0.15, 0.2) is 30.3 Å². The fraction of sp³-hybridized carbons (Fsp3) is 0.538. The number of rotatable bonds is 8. The van der Waals surface area contributed by atoms with Crippen LogP contribution in [-0.2, 0) is 9.47 Å². The lowest BCUT2D eigenvalue weighted by atomic mass is 10.1. The highest BCUT2D eigenvalue weighted by Crippen LogP contribution is 2.09. The zero-order valence-electron chi connectivity index (χ0n) is 9.89. The number of benzene rings is 1. The van der Waals surface area contributed by atoms with Crippen LogP contribution in [0.1, 0.15) is 24.9 Å². The van der Waals surface area contributed by atoms with Gasteiger partial charge in [0.25, 0.3) is 0 Å². The molecule has 0 bridgehead atoms. The third-order valence-electron chi connectivity index (χ3n) is 2.25. The van der Waals surface area contributed by atoms with Crippen molar-refractivity contribution >= 4 is 0 Å². The minimum absolute atomic E-state index is 0.0487. The molecule has 1 aromatic carbocycles. The molecule has 0 radical (unpaired) electrons. The molecule has 0 saturated heterocycles. The van der Waals surface area contributed by atoms with Crippen molar-refractivity contribution in [1.82, 2.24) is 0 Å². The van der Waals surface area contributed by atoms with E-state index in [1.165, 1.54) is 0 Å². The van der Waals surface area contributed by atoms with E-state index in [4.69, 9.17) is 15.2 Å². The van der Waals surface area contributed by atoms with E-state index in [1.54, 1.807) is 0 Å². The van der Waals surface area contributed by atoms with Crippen LogP contribution in [0.25, 0.3) is 0 Å². The molecular weight excluding hydrogens is 202 g/mol. The average Bonchev–Trinajstić information content (AvgIpc) is 2.34. The molecule has 0 aliphatic carbocycles. The van der Waals surface area contributed by atoms with Crippen molar-refractivity contribution in [2.24, 2.45) is 5.73 Å². The van der Waals surface area contributed by atoms with Crippen LogP contribution >= 0.6 is 0 Å².